The lowest BCUT2D eigenvalue weighted by molar-refractivity contribution is 0.192. The van der Waals surface area contributed by atoms with Crippen molar-refractivity contribution in [3.8, 4) is 0 Å². The summed E-state index contributed by atoms with van der Waals surface area (Å²) in [5, 5.41) is 4.05. The van der Waals surface area contributed by atoms with E-state index >= 15 is 0 Å². The fraction of sp³-hybridized carbons (Fsp3) is 0.400. The Bertz CT molecular complexity index is 301. The van der Waals surface area contributed by atoms with E-state index in [1.807, 2.05) is 24.3 Å². The Morgan fingerprint density at radius 1 is 1.29 bits per heavy atom. The van der Waals surface area contributed by atoms with Gasteiger partial charge in [0, 0.05) is 10.7 Å². The highest BCUT2D eigenvalue weighted by atomic mass is 35.5. The number of hydrogen-bond donors (Lipinski definition) is 2. The van der Waals surface area contributed by atoms with Gasteiger partial charge in [0.05, 0.1) is 25.3 Å². The second-order valence-corrected chi connectivity index (χ2v) is 3.90. The van der Waals surface area contributed by atoms with Crippen LogP contribution >= 0.6 is 11.6 Å². The van der Waals surface area contributed by atoms with Gasteiger partial charge in [0.15, 0.2) is 0 Å². The third kappa shape index (κ3) is 2.18. The summed E-state index contributed by atoms with van der Waals surface area (Å²) in [5.74, 6) is 0. The van der Waals surface area contributed by atoms with Gasteiger partial charge in [0.1, 0.15) is 0 Å². The zero-order valence-corrected chi connectivity index (χ0v) is 8.50. The van der Waals surface area contributed by atoms with Gasteiger partial charge in [-0.3, -0.25) is 0 Å². The number of rotatable bonds is 2. The normalized spacial score (nSPS) is 26.4. The summed E-state index contributed by atoms with van der Waals surface area (Å²) in [4.78, 5) is 0. The fourth-order valence-electron chi connectivity index (χ4n) is 1.48. The predicted octanol–water partition coefficient (Wildman–Crippen LogP) is 1.48. The van der Waals surface area contributed by atoms with Gasteiger partial charge in [-0.1, -0.05) is 11.6 Å². The monoisotopic (exact) mass is 212 g/mol. The van der Waals surface area contributed by atoms with Crippen LogP contribution in [0.1, 0.15) is 0 Å². The minimum Gasteiger partial charge on any atom is -0.378 e. The molecule has 2 rings (SSSR count). The van der Waals surface area contributed by atoms with Gasteiger partial charge >= 0.3 is 0 Å². The SMILES string of the molecule is N[C@H]1COC[C@@H]1Nc1ccc(Cl)cc1. The maximum Gasteiger partial charge on any atom is 0.0684 e. The smallest absolute Gasteiger partial charge is 0.0684 e. The maximum atomic E-state index is 5.84. The average molecular weight is 213 g/mol. The number of halogens is 1. The molecule has 3 N–H and O–H groups in total. The first-order valence-corrected chi connectivity index (χ1v) is 4.99. The van der Waals surface area contributed by atoms with Crippen LogP contribution in [0.15, 0.2) is 24.3 Å². The van der Waals surface area contributed by atoms with E-state index in [1.165, 1.54) is 0 Å². The molecule has 0 radical (unpaired) electrons. The standard InChI is InChI=1S/C10H13ClN2O/c11-7-1-3-8(4-2-7)13-10-6-14-5-9(10)12/h1-4,9-10,13H,5-6,12H2/t9-,10-/m0/s1. The Morgan fingerprint density at radius 2 is 2.00 bits per heavy atom. The van der Waals surface area contributed by atoms with Crippen molar-refractivity contribution in [3.05, 3.63) is 29.3 Å². The Morgan fingerprint density at radius 3 is 2.57 bits per heavy atom. The molecule has 1 fully saturated rings. The number of benzene rings is 1. The van der Waals surface area contributed by atoms with E-state index in [4.69, 9.17) is 22.1 Å². The summed E-state index contributed by atoms with van der Waals surface area (Å²) in [7, 11) is 0. The molecule has 14 heavy (non-hydrogen) atoms. The summed E-state index contributed by atoms with van der Waals surface area (Å²) >= 11 is 5.78. The molecular weight excluding hydrogens is 200 g/mol. The minimum absolute atomic E-state index is 0.0747. The molecular formula is C10H13ClN2O. The molecule has 1 aliphatic rings. The molecule has 1 aliphatic heterocycles. The second kappa shape index (κ2) is 4.17. The molecule has 1 saturated heterocycles. The van der Waals surface area contributed by atoms with Gasteiger partial charge in [-0.15, -0.1) is 0 Å². The lowest BCUT2D eigenvalue weighted by Gasteiger charge is -2.16. The maximum absolute atomic E-state index is 5.84. The molecule has 76 valence electrons. The van der Waals surface area contributed by atoms with Gasteiger partial charge in [-0.25, -0.2) is 0 Å². The first kappa shape index (κ1) is 9.77. The Labute approximate surface area is 88.2 Å². The molecule has 3 nitrogen and oxygen atoms in total. The van der Waals surface area contributed by atoms with Crippen molar-refractivity contribution in [2.45, 2.75) is 12.1 Å². The molecule has 1 heterocycles. The summed E-state index contributed by atoms with van der Waals surface area (Å²) in [6, 6.07) is 7.86. The molecule has 1 aromatic carbocycles. The Balaban J connectivity index is 2.00. The summed E-state index contributed by atoms with van der Waals surface area (Å²) in [6.45, 7) is 1.30. The van der Waals surface area contributed by atoms with E-state index in [0.717, 1.165) is 10.7 Å². The van der Waals surface area contributed by atoms with Crippen molar-refractivity contribution in [3.63, 3.8) is 0 Å². The molecule has 0 bridgehead atoms. The highest BCUT2D eigenvalue weighted by Crippen LogP contribution is 2.16. The van der Waals surface area contributed by atoms with Crippen LogP contribution in [0.5, 0.6) is 0 Å². The third-order valence-electron chi connectivity index (χ3n) is 2.32. The van der Waals surface area contributed by atoms with Crippen molar-refractivity contribution in [2.75, 3.05) is 18.5 Å². The van der Waals surface area contributed by atoms with E-state index in [0.29, 0.717) is 13.2 Å². The van der Waals surface area contributed by atoms with Crippen LogP contribution in [0.4, 0.5) is 5.69 Å². The van der Waals surface area contributed by atoms with Crippen LogP contribution in [-0.4, -0.2) is 25.3 Å². The predicted molar refractivity (Wildman–Crippen MR) is 57.7 cm³/mol. The van der Waals surface area contributed by atoms with Crippen molar-refractivity contribution in [1.82, 2.24) is 0 Å². The first-order chi connectivity index (χ1) is 6.75. The summed E-state index contributed by atoms with van der Waals surface area (Å²) < 4.78 is 5.25. The van der Waals surface area contributed by atoms with Gasteiger partial charge in [-0.05, 0) is 24.3 Å². The van der Waals surface area contributed by atoms with Crippen LogP contribution in [0.3, 0.4) is 0 Å². The molecule has 0 spiro atoms. The highest BCUT2D eigenvalue weighted by Gasteiger charge is 2.24. The second-order valence-electron chi connectivity index (χ2n) is 3.46. The van der Waals surface area contributed by atoms with Crippen LogP contribution in [-0.2, 0) is 4.74 Å². The summed E-state index contributed by atoms with van der Waals surface area (Å²) in [6.07, 6.45) is 0. The molecule has 1 aromatic rings. The Hall–Kier alpha value is -0.770. The van der Waals surface area contributed by atoms with Crippen LogP contribution in [0.2, 0.25) is 5.02 Å². The van der Waals surface area contributed by atoms with Gasteiger partial charge in [0.2, 0.25) is 0 Å². The molecule has 4 heteroatoms. The van der Waals surface area contributed by atoms with E-state index in [9.17, 15) is 0 Å². The van der Waals surface area contributed by atoms with Crippen molar-refractivity contribution in [2.24, 2.45) is 5.73 Å². The number of anilines is 1. The van der Waals surface area contributed by atoms with Crippen LogP contribution in [0, 0.1) is 0 Å². The van der Waals surface area contributed by atoms with E-state index in [1.54, 1.807) is 0 Å². The molecule has 0 aliphatic carbocycles. The minimum atomic E-state index is 0.0747. The van der Waals surface area contributed by atoms with Crippen molar-refractivity contribution < 1.29 is 4.74 Å². The molecule has 2 atom stereocenters. The molecule has 0 amide bonds. The number of hydrogen-bond acceptors (Lipinski definition) is 3. The highest BCUT2D eigenvalue weighted by molar-refractivity contribution is 6.30. The van der Waals surface area contributed by atoms with Gasteiger partial charge < -0.3 is 15.8 Å². The van der Waals surface area contributed by atoms with Crippen molar-refractivity contribution >= 4 is 17.3 Å². The Kier molecular flexibility index (Phi) is 2.91. The van der Waals surface area contributed by atoms with E-state index in [2.05, 4.69) is 5.32 Å². The zero-order chi connectivity index (χ0) is 9.97. The molecule has 0 unspecified atom stereocenters. The molecule has 0 aromatic heterocycles. The van der Waals surface area contributed by atoms with E-state index in [-0.39, 0.29) is 12.1 Å². The molecule has 0 saturated carbocycles. The average Bonchev–Trinajstić information content (AvgIpc) is 2.56. The lowest BCUT2D eigenvalue weighted by Crippen LogP contribution is -2.38. The van der Waals surface area contributed by atoms with Gasteiger partial charge in [0.25, 0.3) is 0 Å². The summed E-state index contributed by atoms with van der Waals surface area (Å²) in [5.41, 5.74) is 6.87. The number of nitrogens with one attached hydrogen (secondary N) is 1. The quantitative estimate of drug-likeness (QED) is 0.781. The third-order valence-corrected chi connectivity index (χ3v) is 2.57. The van der Waals surface area contributed by atoms with Crippen LogP contribution < -0.4 is 11.1 Å². The largest absolute Gasteiger partial charge is 0.378 e. The van der Waals surface area contributed by atoms with Gasteiger partial charge in [-0.2, -0.15) is 0 Å². The van der Waals surface area contributed by atoms with E-state index < -0.39 is 0 Å². The number of nitrogens with two attached hydrogens (primary N) is 1. The fourth-order valence-corrected chi connectivity index (χ4v) is 1.61. The van der Waals surface area contributed by atoms with Crippen molar-refractivity contribution in [1.29, 1.82) is 0 Å². The number of ether oxygens (including phenoxy) is 1. The first-order valence-electron chi connectivity index (χ1n) is 4.61. The lowest BCUT2D eigenvalue weighted by atomic mass is 10.2. The zero-order valence-electron chi connectivity index (χ0n) is 7.74. The van der Waals surface area contributed by atoms with Crippen LogP contribution in [0.25, 0.3) is 0 Å². The topological polar surface area (TPSA) is 47.3 Å².